The lowest BCUT2D eigenvalue weighted by Gasteiger charge is -2.29. The molecule has 2 N–H and O–H groups in total. The molecule has 2 saturated heterocycles. The van der Waals surface area contributed by atoms with E-state index in [9.17, 15) is 4.79 Å². The molecule has 0 aromatic carbocycles. The van der Waals surface area contributed by atoms with Gasteiger partial charge in [-0.3, -0.25) is 4.79 Å². The Hall–Kier alpha value is -1.66. The van der Waals surface area contributed by atoms with Crippen LogP contribution < -0.4 is 15.5 Å². The molecule has 0 saturated carbocycles. The molecule has 0 spiro atoms. The van der Waals surface area contributed by atoms with Gasteiger partial charge in [0.15, 0.2) is 0 Å². The molecule has 6 heteroatoms. The van der Waals surface area contributed by atoms with Crippen LogP contribution in [0.15, 0.2) is 18.3 Å². The number of anilines is 1. The summed E-state index contributed by atoms with van der Waals surface area (Å²) in [7, 11) is 0. The van der Waals surface area contributed by atoms with Crippen molar-refractivity contribution in [3.05, 3.63) is 23.9 Å². The van der Waals surface area contributed by atoms with E-state index in [1.54, 1.807) is 6.20 Å². The molecular weight excluding hydrogens is 256 g/mol. The van der Waals surface area contributed by atoms with Crippen molar-refractivity contribution in [1.29, 1.82) is 0 Å². The van der Waals surface area contributed by atoms with Crippen LogP contribution in [0, 0.1) is 0 Å². The zero-order chi connectivity index (χ0) is 13.8. The van der Waals surface area contributed by atoms with Crippen LogP contribution in [-0.2, 0) is 4.74 Å². The molecule has 1 amide bonds. The molecule has 3 rings (SSSR count). The van der Waals surface area contributed by atoms with Crippen molar-refractivity contribution in [3.63, 3.8) is 0 Å². The molecular formula is C14H20N4O2. The number of ether oxygens (including phenoxy) is 1. The van der Waals surface area contributed by atoms with Crippen LogP contribution in [0.1, 0.15) is 16.8 Å². The highest BCUT2D eigenvalue weighted by Gasteiger charge is 2.22. The second kappa shape index (κ2) is 6.19. The summed E-state index contributed by atoms with van der Waals surface area (Å²) in [5.41, 5.74) is 0.654. The highest BCUT2D eigenvalue weighted by molar-refractivity contribution is 5.99. The van der Waals surface area contributed by atoms with Crippen LogP contribution in [0.2, 0.25) is 0 Å². The number of nitrogens with zero attached hydrogens (tertiary/aromatic N) is 2. The fourth-order valence-electron chi connectivity index (χ4n) is 2.64. The summed E-state index contributed by atoms with van der Waals surface area (Å²) >= 11 is 0. The third-order valence-electron chi connectivity index (χ3n) is 3.74. The lowest BCUT2D eigenvalue weighted by molar-refractivity contribution is 0.0938. The second-order valence-corrected chi connectivity index (χ2v) is 5.14. The van der Waals surface area contributed by atoms with Crippen molar-refractivity contribution >= 4 is 11.7 Å². The largest absolute Gasteiger partial charge is 0.378 e. The molecule has 0 radical (unpaired) electrons. The third kappa shape index (κ3) is 2.91. The zero-order valence-corrected chi connectivity index (χ0v) is 11.5. The Morgan fingerprint density at radius 3 is 3.05 bits per heavy atom. The lowest BCUT2D eigenvalue weighted by Crippen LogP contribution is -2.40. The predicted octanol–water partition coefficient (Wildman–Crippen LogP) is 0.00990. The van der Waals surface area contributed by atoms with E-state index < -0.39 is 0 Å². The minimum Gasteiger partial charge on any atom is -0.378 e. The van der Waals surface area contributed by atoms with Gasteiger partial charge in [-0.15, -0.1) is 0 Å². The fraction of sp³-hybridized carbons (Fsp3) is 0.571. The normalized spacial score (nSPS) is 22.8. The first-order chi connectivity index (χ1) is 9.84. The van der Waals surface area contributed by atoms with Gasteiger partial charge in [0.05, 0.1) is 18.8 Å². The van der Waals surface area contributed by atoms with E-state index in [1.807, 2.05) is 12.1 Å². The third-order valence-corrected chi connectivity index (χ3v) is 3.74. The maximum absolute atomic E-state index is 12.4. The molecule has 0 bridgehead atoms. The van der Waals surface area contributed by atoms with Crippen LogP contribution >= 0.6 is 0 Å². The van der Waals surface area contributed by atoms with Crippen LogP contribution in [0.25, 0.3) is 0 Å². The number of nitrogens with one attached hydrogen (secondary N) is 2. The second-order valence-electron chi connectivity index (χ2n) is 5.14. The van der Waals surface area contributed by atoms with E-state index in [1.165, 1.54) is 0 Å². The summed E-state index contributed by atoms with van der Waals surface area (Å²) < 4.78 is 5.35. The van der Waals surface area contributed by atoms with Crippen molar-refractivity contribution in [3.8, 4) is 0 Å². The highest BCUT2D eigenvalue weighted by atomic mass is 16.5. The Morgan fingerprint density at radius 2 is 2.30 bits per heavy atom. The number of rotatable bonds is 3. The van der Waals surface area contributed by atoms with Crippen molar-refractivity contribution in [2.45, 2.75) is 12.5 Å². The molecule has 0 aliphatic carbocycles. The predicted molar refractivity (Wildman–Crippen MR) is 76.0 cm³/mol. The number of carbonyl (C=O) groups excluding carboxylic acids is 1. The number of morpholine rings is 1. The first-order valence-corrected chi connectivity index (χ1v) is 7.14. The van der Waals surface area contributed by atoms with Gasteiger partial charge in [0, 0.05) is 31.9 Å². The number of hydrogen-bond acceptors (Lipinski definition) is 5. The molecule has 2 fully saturated rings. The monoisotopic (exact) mass is 276 g/mol. The van der Waals surface area contributed by atoms with Crippen molar-refractivity contribution in [1.82, 2.24) is 15.6 Å². The smallest absolute Gasteiger partial charge is 0.255 e. The van der Waals surface area contributed by atoms with Gasteiger partial charge in [-0.2, -0.15) is 0 Å². The van der Waals surface area contributed by atoms with Gasteiger partial charge in [0.25, 0.3) is 5.91 Å². The van der Waals surface area contributed by atoms with Gasteiger partial charge >= 0.3 is 0 Å². The molecule has 2 aliphatic rings. The topological polar surface area (TPSA) is 66.5 Å². The maximum Gasteiger partial charge on any atom is 0.255 e. The van der Waals surface area contributed by atoms with E-state index in [-0.39, 0.29) is 11.9 Å². The Kier molecular flexibility index (Phi) is 4.13. The van der Waals surface area contributed by atoms with Gasteiger partial charge in [-0.25, -0.2) is 4.98 Å². The van der Waals surface area contributed by atoms with E-state index in [2.05, 4.69) is 20.5 Å². The summed E-state index contributed by atoms with van der Waals surface area (Å²) in [5.74, 6) is 0.729. The standard InChI is InChI=1S/C14H20N4O2/c19-14(17-11-3-5-15-10-11)12-2-1-4-16-13(12)18-6-8-20-9-7-18/h1-2,4,11,15H,3,5-10H2,(H,17,19). The fourth-order valence-corrected chi connectivity index (χ4v) is 2.64. The first-order valence-electron chi connectivity index (χ1n) is 7.14. The van der Waals surface area contributed by atoms with Gasteiger partial charge in [0.1, 0.15) is 5.82 Å². The number of hydrogen-bond donors (Lipinski definition) is 2. The molecule has 108 valence electrons. The van der Waals surface area contributed by atoms with Crippen LogP contribution in [0.3, 0.4) is 0 Å². The van der Waals surface area contributed by atoms with E-state index in [4.69, 9.17) is 4.74 Å². The SMILES string of the molecule is O=C(NC1CCNC1)c1cccnc1N1CCOCC1. The highest BCUT2D eigenvalue weighted by Crippen LogP contribution is 2.18. The van der Waals surface area contributed by atoms with Gasteiger partial charge in [-0.1, -0.05) is 0 Å². The summed E-state index contributed by atoms with van der Waals surface area (Å²) in [6, 6.07) is 3.88. The van der Waals surface area contributed by atoms with Crippen LogP contribution in [0.4, 0.5) is 5.82 Å². The van der Waals surface area contributed by atoms with E-state index in [0.29, 0.717) is 18.8 Å². The minimum atomic E-state index is -0.0340. The van der Waals surface area contributed by atoms with Gasteiger partial charge < -0.3 is 20.3 Å². The molecule has 1 aromatic heterocycles. The summed E-state index contributed by atoms with van der Waals surface area (Å²) in [6.07, 6.45) is 2.72. The van der Waals surface area contributed by atoms with Gasteiger partial charge in [-0.05, 0) is 25.1 Å². The Labute approximate surface area is 118 Å². The average molecular weight is 276 g/mol. The minimum absolute atomic E-state index is 0.0340. The maximum atomic E-state index is 12.4. The summed E-state index contributed by atoms with van der Waals surface area (Å²) in [5, 5.41) is 6.33. The molecule has 1 unspecified atom stereocenters. The number of carbonyl (C=O) groups is 1. The van der Waals surface area contributed by atoms with Crippen molar-refractivity contribution in [2.75, 3.05) is 44.3 Å². The Bertz CT molecular complexity index is 468. The first kappa shape index (κ1) is 13.3. The van der Waals surface area contributed by atoms with E-state index >= 15 is 0 Å². The Morgan fingerprint density at radius 1 is 1.45 bits per heavy atom. The zero-order valence-electron chi connectivity index (χ0n) is 11.5. The van der Waals surface area contributed by atoms with Crippen LogP contribution in [0.5, 0.6) is 0 Å². The molecule has 2 aliphatic heterocycles. The summed E-state index contributed by atoms with van der Waals surface area (Å²) in [4.78, 5) is 18.9. The van der Waals surface area contributed by atoms with Crippen molar-refractivity contribution < 1.29 is 9.53 Å². The van der Waals surface area contributed by atoms with Crippen molar-refractivity contribution in [2.24, 2.45) is 0 Å². The van der Waals surface area contributed by atoms with E-state index in [0.717, 1.165) is 38.4 Å². The van der Waals surface area contributed by atoms with Gasteiger partial charge in [0.2, 0.25) is 0 Å². The molecule has 1 atom stereocenters. The summed E-state index contributed by atoms with van der Waals surface area (Å²) in [6.45, 7) is 4.74. The molecule has 6 nitrogen and oxygen atoms in total. The molecule has 3 heterocycles. The average Bonchev–Trinajstić information content (AvgIpc) is 3.01. The van der Waals surface area contributed by atoms with Crippen LogP contribution in [-0.4, -0.2) is 56.3 Å². The molecule has 1 aromatic rings. The number of amides is 1. The lowest BCUT2D eigenvalue weighted by atomic mass is 10.2. The number of pyridine rings is 1. The Balaban J connectivity index is 1.75. The quantitative estimate of drug-likeness (QED) is 0.814. The molecule has 20 heavy (non-hydrogen) atoms. The number of aromatic nitrogens is 1.